The van der Waals surface area contributed by atoms with Gasteiger partial charge in [-0.3, -0.25) is 14.7 Å². The van der Waals surface area contributed by atoms with Crippen LogP contribution in [0.2, 0.25) is 0 Å². The van der Waals surface area contributed by atoms with Crippen molar-refractivity contribution >= 4 is 38.3 Å². The first kappa shape index (κ1) is 20.6. The number of phenolic OH excluding ortho intramolecular Hbond substituents is 1. The summed E-state index contributed by atoms with van der Waals surface area (Å²) in [6, 6.07) is 11.0. The number of fused-ring (bicyclic) bond motifs is 2. The Balaban J connectivity index is 1.92. The molecular formula is C20H15N3O7S. The van der Waals surface area contributed by atoms with Gasteiger partial charge in [0.25, 0.3) is 15.8 Å². The van der Waals surface area contributed by atoms with E-state index in [1.807, 2.05) is 6.08 Å². The molecule has 0 aromatic heterocycles. The number of azo groups is 1. The summed E-state index contributed by atoms with van der Waals surface area (Å²) in [6.07, 6.45) is 3.65. The Bertz CT molecular complexity index is 1400. The van der Waals surface area contributed by atoms with Crippen LogP contribution in [-0.4, -0.2) is 28.1 Å². The monoisotopic (exact) mass is 441 g/mol. The molecular weight excluding hydrogens is 426 g/mol. The number of phenols is 1. The molecule has 11 heteroatoms. The van der Waals surface area contributed by atoms with Crippen LogP contribution in [0.1, 0.15) is 17.5 Å². The van der Waals surface area contributed by atoms with E-state index >= 15 is 0 Å². The molecule has 0 aliphatic heterocycles. The molecule has 0 heterocycles. The first-order chi connectivity index (χ1) is 14.6. The molecule has 1 atom stereocenters. The van der Waals surface area contributed by atoms with Gasteiger partial charge in [-0.25, -0.2) is 0 Å². The second-order valence-corrected chi connectivity index (χ2v) is 8.30. The first-order valence-electron chi connectivity index (χ1n) is 8.93. The second kappa shape index (κ2) is 7.23. The number of non-ortho nitro benzene ring substituents is 1. The quantitative estimate of drug-likeness (QED) is 0.238. The van der Waals surface area contributed by atoms with Crippen LogP contribution in [0.5, 0.6) is 5.75 Å². The fourth-order valence-corrected chi connectivity index (χ4v) is 4.18. The van der Waals surface area contributed by atoms with E-state index in [4.69, 9.17) is 0 Å². The number of hydrogen-bond donors (Lipinski definition) is 3. The van der Waals surface area contributed by atoms with E-state index in [-0.39, 0.29) is 22.9 Å². The largest absolute Gasteiger partial charge is 0.506 e. The predicted octanol–water partition coefficient (Wildman–Crippen LogP) is 4.05. The third-order valence-corrected chi connectivity index (χ3v) is 5.82. The van der Waals surface area contributed by atoms with E-state index in [0.717, 1.165) is 23.8 Å². The van der Waals surface area contributed by atoms with Crippen molar-refractivity contribution < 1.29 is 28.1 Å². The molecule has 0 saturated carbocycles. The number of nitro groups is 1. The van der Waals surface area contributed by atoms with Crippen molar-refractivity contribution in [2.75, 3.05) is 0 Å². The van der Waals surface area contributed by atoms with Crippen molar-refractivity contribution in [1.82, 2.24) is 0 Å². The number of nitro benzene ring substituents is 1. The number of hydrogen-bond acceptors (Lipinski definition) is 8. The number of nitrogens with zero attached hydrogens (tertiary/aromatic N) is 3. The lowest BCUT2D eigenvalue weighted by Crippen LogP contribution is -2.24. The average Bonchev–Trinajstić information content (AvgIpc) is 2.72. The fourth-order valence-electron chi connectivity index (χ4n) is 3.48. The van der Waals surface area contributed by atoms with Gasteiger partial charge in [0, 0.05) is 41.0 Å². The summed E-state index contributed by atoms with van der Waals surface area (Å²) >= 11 is 0. The molecule has 0 radical (unpaired) electrons. The second-order valence-electron chi connectivity index (χ2n) is 6.91. The standard InChI is InChI=1S/C20H15N3O7S/c24-17-11-18(31(28,29)30)15-10-13(23(26)27)7-8-14(15)19(17)21-22-20(25)9-3-5-12-4-1-2-6-16(12)20/h1-8,10-11,24-25H,9H2,(H,28,29,30). The van der Waals surface area contributed by atoms with Gasteiger partial charge < -0.3 is 10.2 Å². The summed E-state index contributed by atoms with van der Waals surface area (Å²) < 4.78 is 33.0. The summed E-state index contributed by atoms with van der Waals surface area (Å²) in [4.78, 5) is 9.67. The van der Waals surface area contributed by atoms with Crippen LogP contribution < -0.4 is 0 Å². The van der Waals surface area contributed by atoms with E-state index in [9.17, 15) is 33.3 Å². The van der Waals surface area contributed by atoms with E-state index < -0.39 is 37.1 Å². The minimum atomic E-state index is -4.81. The number of rotatable bonds is 4. The molecule has 0 bridgehead atoms. The average molecular weight is 441 g/mol. The number of aliphatic hydroxyl groups is 1. The van der Waals surface area contributed by atoms with Crippen LogP contribution >= 0.6 is 0 Å². The summed E-state index contributed by atoms with van der Waals surface area (Å²) in [7, 11) is -4.81. The van der Waals surface area contributed by atoms with E-state index in [1.54, 1.807) is 30.3 Å². The first-order valence-corrected chi connectivity index (χ1v) is 10.4. The van der Waals surface area contributed by atoms with Crippen LogP contribution in [0.15, 0.2) is 69.7 Å². The van der Waals surface area contributed by atoms with Crippen LogP contribution in [0.25, 0.3) is 16.8 Å². The molecule has 4 rings (SSSR count). The maximum absolute atomic E-state index is 11.8. The highest BCUT2D eigenvalue weighted by atomic mass is 32.2. The Morgan fingerprint density at radius 1 is 1.10 bits per heavy atom. The molecule has 3 N–H and O–H groups in total. The molecule has 10 nitrogen and oxygen atoms in total. The van der Waals surface area contributed by atoms with Crippen molar-refractivity contribution in [1.29, 1.82) is 0 Å². The van der Waals surface area contributed by atoms with Gasteiger partial charge in [0.2, 0.25) is 5.72 Å². The molecule has 1 unspecified atom stereocenters. The Morgan fingerprint density at radius 2 is 1.84 bits per heavy atom. The molecule has 0 spiro atoms. The zero-order valence-electron chi connectivity index (χ0n) is 15.7. The molecule has 1 aliphatic carbocycles. The fraction of sp³-hybridized carbons (Fsp3) is 0.100. The van der Waals surface area contributed by atoms with Crippen molar-refractivity contribution in [3.63, 3.8) is 0 Å². The van der Waals surface area contributed by atoms with Gasteiger partial charge in [0.15, 0.2) is 0 Å². The molecule has 0 saturated heterocycles. The van der Waals surface area contributed by atoms with Crippen molar-refractivity contribution in [3.05, 3.63) is 75.8 Å². The highest BCUT2D eigenvalue weighted by Gasteiger charge is 2.32. The lowest BCUT2D eigenvalue weighted by atomic mass is 9.90. The SMILES string of the molecule is O=[N+]([O-])c1ccc2c(N=NC3(O)CC=Cc4ccccc43)c(O)cc(S(=O)(=O)O)c2c1. The lowest BCUT2D eigenvalue weighted by molar-refractivity contribution is -0.384. The molecule has 3 aromatic carbocycles. The zero-order chi connectivity index (χ0) is 22.4. The lowest BCUT2D eigenvalue weighted by Gasteiger charge is -2.26. The Morgan fingerprint density at radius 3 is 2.55 bits per heavy atom. The van der Waals surface area contributed by atoms with Crippen molar-refractivity contribution in [2.45, 2.75) is 17.0 Å². The van der Waals surface area contributed by atoms with Gasteiger partial charge in [-0.15, -0.1) is 10.2 Å². The number of benzene rings is 3. The summed E-state index contributed by atoms with van der Waals surface area (Å²) in [5.74, 6) is -0.638. The maximum atomic E-state index is 11.8. The summed E-state index contributed by atoms with van der Waals surface area (Å²) in [6.45, 7) is 0. The molecule has 31 heavy (non-hydrogen) atoms. The summed E-state index contributed by atoms with van der Waals surface area (Å²) in [5, 5.41) is 40.3. The molecule has 158 valence electrons. The highest BCUT2D eigenvalue weighted by Crippen LogP contribution is 2.42. The Hall–Kier alpha value is -3.67. The highest BCUT2D eigenvalue weighted by molar-refractivity contribution is 7.86. The minimum absolute atomic E-state index is 0.00906. The van der Waals surface area contributed by atoms with Gasteiger partial charge >= 0.3 is 0 Å². The zero-order valence-corrected chi connectivity index (χ0v) is 16.5. The van der Waals surface area contributed by atoms with Crippen LogP contribution in [0.4, 0.5) is 11.4 Å². The Labute approximate surface area is 175 Å². The van der Waals surface area contributed by atoms with Crippen LogP contribution in [0, 0.1) is 10.1 Å². The van der Waals surface area contributed by atoms with Gasteiger partial charge in [-0.2, -0.15) is 8.42 Å². The van der Waals surface area contributed by atoms with Crippen molar-refractivity contribution in [2.24, 2.45) is 10.2 Å². The Kier molecular flexibility index (Phi) is 4.81. The van der Waals surface area contributed by atoms with Crippen LogP contribution in [0.3, 0.4) is 0 Å². The van der Waals surface area contributed by atoms with E-state index in [2.05, 4.69) is 10.2 Å². The molecule has 0 amide bonds. The van der Waals surface area contributed by atoms with Gasteiger partial charge in [-0.1, -0.05) is 36.4 Å². The normalized spacial score (nSPS) is 18.4. The number of aromatic hydroxyl groups is 1. The third kappa shape index (κ3) is 3.65. The van der Waals surface area contributed by atoms with Gasteiger partial charge in [0.1, 0.15) is 16.3 Å². The summed E-state index contributed by atoms with van der Waals surface area (Å²) in [5.41, 5.74) is -1.13. The third-order valence-electron chi connectivity index (χ3n) is 4.93. The maximum Gasteiger partial charge on any atom is 0.295 e. The molecule has 1 aliphatic rings. The molecule has 0 fully saturated rings. The predicted molar refractivity (Wildman–Crippen MR) is 111 cm³/mol. The minimum Gasteiger partial charge on any atom is -0.506 e. The van der Waals surface area contributed by atoms with Gasteiger partial charge in [0.05, 0.1) is 4.92 Å². The topological polar surface area (TPSA) is 163 Å². The van der Waals surface area contributed by atoms with Gasteiger partial charge in [-0.05, 0) is 11.6 Å². The smallest absolute Gasteiger partial charge is 0.295 e. The van der Waals surface area contributed by atoms with E-state index in [0.29, 0.717) is 5.56 Å². The van der Waals surface area contributed by atoms with E-state index in [1.165, 1.54) is 6.07 Å². The molecule has 3 aromatic rings. The van der Waals surface area contributed by atoms with Crippen LogP contribution in [-0.2, 0) is 15.8 Å². The van der Waals surface area contributed by atoms with Crippen molar-refractivity contribution in [3.8, 4) is 5.75 Å².